The van der Waals surface area contributed by atoms with Crippen LogP contribution in [0.15, 0.2) is 0 Å². The van der Waals surface area contributed by atoms with Crippen LogP contribution in [0.25, 0.3) is 0 Å². The van der Waals surface area contributed by atoms with Crippen LogP contribution < -0.4 is 10.6 Å². The van der Waals surface area contributed by atoms with Crippen molar-refractivity contribution in [2.45, 2.75) is 136 Å². The SMILES string of the molecule is COC(C)(C)CCOC(C)(C)CCOC(=O)NC(CCCCNC(=O)OCCC(C)(C)OCCC(C)C)C(=O)ON1C(=O)CCC1=O. The Labute approximate surface area is 280 Å². The minimum absolute atomic E-state index is 0.0185. The van der Waals surface area contributed by atoms with Crippen molar-refractivity contribution in [3.05, 3.63) is 0 Å². The summed E-state index contributed by atoms with van der Waals surface area (Å²) in [5.74, 6) is -1.69. The lowest BCUT2D eigenvalue weighted by Crippen LogP contribution is -2.45. The number of methoxy groups -OCH3 is 1. The Hall–Kier alpha value is -2.97. The van der Waals surface area contributed by atoms with Crippen LogP contribution in [0.3, 0.4) is 0 Å². The molecular weight excluding hydrogens is 614 g/mol. The fourth-order valence-electron chi connectivity index (χ4n) is 4.13. The molecular formula is C33H59N3O11. The van der Waals surface area contributed by atoms with E-state index in [4.69, 9.17) is 28.5 Å². The van der Waals surface area contributed by atoms with Crippen LogP contribution in [-0.2, 0) is 42.9 Å². The standard InChI is InChI=1S/C33H59N3O11/c1-24(2)15-20-45-32(5,6)16-21-43-29(40)34-19-11-10-12-25(28(39)47-36-26(37)13-14-27(36)38)35-30(41)44-22-17-33(7,8)46-23-18-31(3,4)42-9/h24-25H,10-23H2,1-9H3,(H,34,40)(H,35,41). The summed E-state index contributed by atoms with van der Waals surface area (Å²) in [6, 6.07) is -1.20. The molecule has 0 spiro atoms. The summed E-state index contributed by atoms with van der Waals surface area (Å²) in [6.45, 7) is 17.4. The minimum atomic E-state index is -1.20. The van der Waals surface area contributed by atoms with Gasteiger partial charge in [0.05, 0.1) is 36.6 Å². The molecule has 272 valence electrons. The molecule has 0 aromatic rings. The Bertz CT molecular complexity index is 998. The van der Waals surface area contributed by atoms with Gasteiger partial charge >= 0.3 is 18.2 Å². The quantitative estimate of drug-likeness (QED) is 0.113. The van der Waals surface area contributed by atoms with Gasteiger partial charge in [-0.2, -0.15) is 0 Å². The van der Waals surface area contributed by atoms with E-state index in [2.05, 4.69) is 24.5 Å². The highest BCUT2D eigenvalue weighted by molar-refractivity contribution is 6.01. The van der Waals surface area contributed by atoms with E-state index in [0.717, 1.165) is 6.42 Å². The minimum Gasteiger partial charge on any atom is -0.449 e. The lowest BCUT2D eigenvalue weighted by molar-refractivity contribution is -0.199. The molecule has 1 heterocycles. The smallest absolute Gasteiger partial charge is 0.407 e. The number of carbonyl (C=O) groups is 5. The zero-order chi connectivity index (χ0) is 35.7. The van der Waals surface area contributed by atoms with Gasteiger partial charge < -0.3 is 39.2 Å². The first kappa shape index (κ1) is 42.1. The van der Waals surface area contributed by atoms with E-state index in [1.54, 1.807) is 7.11 Å². The number of nitrogens with one attached hydrogen (secondary N) is 2. The molecule has 0 aliphatic carbocycles. The van der Waals surface area contributed by atoms with Gasteiger partial charge in [-0.25, -0.2) is 14.4 Å². The molecule has 1 fully saturated rings. The van der Waals surface area contributed by atoms with Gasteiger partial charge in [-0.15, -0.1) is 5.06 Å². The molecule has 1 rings (SSSR count). The van der Waals surface area contributed by atoms with E-state index in [1.807, 2.05) is 41.5 Å². The third kappa shape index (κ3) is 18.8. The van der Waals surface area contributed by atoms with E-state index >= 15 is 0 Å². The lowest BCUT2D eigenvalue weighted by Gasteiger charge is -2.28. The number of amides is 4. The topological polar surface area (TPSA) is 168 Å². The Morgan fingerprint density at radius 3 is 1.83 bits per heavy atom. The maximum Gasteiger partial charge on any atom is 0.407 e. The van der Waals surface area contributed by atoms with Crippen molar-refractivity contribution in [2.75, 3.05) is 40.1 Å². The zero-order valence-electron chi connectivity index (χ0n) is 30.0. The van der Waals surface area contributed by atoms with Crippen molar-refractivity contribution >= 4 is 30.0 Å². The number of imide groups is 1. The highest BCUT2D eigenvalue weighted by atomic mass is 16.7. The van der Waals surface area contributed by atoms with Gasteiger partial charge in [-0.05, 0) is 79.6 Å². The molecule has 1 aliphatic heterocycles. The third-order valence-electron chi connectivity index (χ3n) is 7.76. The summed E-state index contributed by atoms with van der Waals surface area (Å²) in [4.78, 5) is 66.5. The van der Waals surface area contributed by atoms with Crippen LogP contribution in [0.4, 0.5) is 9.59 Å². The monoisotopic (exact) mass is 673 g/mol. The van der Waals surface area contributed by atoms with Gasteiger partial charge in [0.1, 0.15) is 6.04 Å². The first-order valence-corrected chi connectivity index (χ1v) is 16.6. The second kappa shape index (κ2) is 20.4. The molecule has 0 saturated carbocycles. The summed E-state index contributed by atoms with van der Waals surface area (Å²) in [6.07, 6.45) is 1.97. The molecule has 1 saturated heterocycles. The Morgan fingerprint density at radius 1 is 0.745 bits per heavy atom. The summed E-state index contributed by atoms with van der Waals surface area (Å²) in [5, 5.41) is 5.57. The van der Waals surface area contributed by atoms with Crippen molar-refractivity contribution in [3.8, 4) is 0 Å². The molecule has 14 heteroatoms. The fourth-order valence-corrected chi connectivity index (χ4v) is 4.13. The molecule has 47 heavy (non-hydrogen) atoms. The molecule has 0 radical (unpaired) electrons. The highest BCUT2D eigenvalue weighted by Gasteiger charge is 2.35. The van der Waals surface area contributed by atoms with Crippen LogP contribution in [0.2, 0.25) is 0 Å². The van der Waals surface area contributed by atoms with Crippen LogP contribution >= 0.6 is 0 Å². The van der Waals surface area contributed by atoms with Gasteiger partial charge in [-0.3, -0.25) is 9.59 Å². The molecule has 14 nitrogen and oxygen atoms in total. The number of unbranched alkanes of at least 4 members (excludes halogenated alkanes) is 1. The normalized spacial score (nSPS) is 14.7. The van der Waals surface area contributed by atoms with Crippen molar-refractivity contribution in [1.29, 1.82) is 0 Å². The second-order valence-corrected chi connectivity index (χ2v) is 14.0. The third-order valence-corrected chi connectivity index (χ3v) is 7.76. The van der Waals surface area contributed by atoms with Gasteiger partial charge in [-0.1, -0.05) is 13.8 Å². The van der Waals surface area contributed by atoms with Crippen LogP contribution in [0.1, 0.15) is 113 Å². The number of alkyl carbamates (subject to hydrolysis) is 2. The molecule has 1 atom stereocenters. The number of carbonyl (C=O) groups excluding carboxylic acids is 5. The maximum absolute atomic E-state index is 12.9. The number of rotatable bonds is 23. The lowest BCUT2D eigenvalue weighted by atomic mass is 10.0. The van der Waals surface area contributed by atoms with Gasteiger partial charge in [0, 0.05) is 45.9 Å². The number of nitrogens with zero attached hydrogens (tertiary/aromatic N) is 1. The van der Waals surface area contributed by atoms with E-state index in [9.17, 15) is 24.0 Å². The number of hydrogen-bond acceptors (Lipinski definition) is 11. The largest absolute Gasteiger partial charge is 0.449 e. The Morgan fingerprint density at radius 2 is 1.28 bits per heavy atom. The van der Waals surface area contributed by atoms with E-state index in [0.29, 0.717) is 56.3 Å². The Kier molecular flexibility index (Phi) is 18.3. The average Bonchev–Trinajstić information content (AvgIpc) is 3.27. The van der Waals surface area contributed by atoms with Crippen molar-refractivity contribution in [2.24, 2.45) is 5.92 Å². The van der Waals surface area contributed by atoms with E-state index in [1.165, 1.54) is 0 Å². The molecule has 0 bridgehead atoms. The summed E-state index contributed by atoms with van der Waals surface area (Å²) in [7, 11) is 1.64. The molecule has 2 N–H and O–H groups in total. The van der Waals surface area contributed by atoms with Crippen molar-refractivity contribution < 1.29 is 52.5 Å². The fraction of sp³-hybridized carbons (Fsp3) is 0.848. The maximum atomic E-state index is 12.9. The van der Waals surface area contributed by atoms with E-state index < -0.39 is 47.2 Å². The molecule has 1 aliphatic rings. The number of hydroxylamine groups is 2. The van der Waals surface area contributed by atoms with Crippen LogP contribution in [0, 0.1) is 5.92 Å². The number of ether oxygens (including phenoxy) is 5. The first-order valence-electron chi connectivity index (χ1n) is 16.6. The summed E-state index contributed by atoms with van der Waals surface area (Å²) < 4.78 is 27.8. The predicted molar refractivity (Wildman–Crippen MR) is 173 cm³/mol. The highest BCUT2D eigenvalue weighted by Crippen LogP contribution is 2.20. The molecule has 1 unspecified atom stereocenters. The first-order chi connectivity index (χ1) is 21.9. The molecule has 0 aromatic carbocycles. The second-order valence-electron chi connectivity index (χ2n) is 14.0. The summed E-state index contributed by atoms with van der Waals surface area (Å²) >= 11 is 0. The van der Waals surface area contributed by atoms with E-state index in [-0.39, 0.29) is 44.6 Å². The van der Waals surface area contributed by atoms with Gasteiger partial charge in [0.2, 0.25) is 0 Å². The van der Waals surface area contributed by atoms with Crippen LogP contribution in [-0.4, -0.2) is 98.0 Å². The number of hydrogen-bond donors (Lipinski definition) is 2. The zero-order valence-corrected chi connectivity index (χ0v) is 30.0. The van der Waals surface area contributed by atoms with Gasteiger partial charge in [0.15, 0.2) is 0 Å². The van der Waals surface area contributed by atoms with Gasteiger partial charge in [0.25, 0.3) is 11.8 Å². The van der Waals surface area contributed by atoms with Crippen LogP contribution in [0.5, 0.6) is 0 Å². The van der Waals surface area contributed by atoms with Crippen molar-refractivity contribution in [3.63, 3.8) is 0 Å². The Balaban J connectivity index is 2.53. The molecule has 0 aromatic heterocycles. The average molecular weight is 674 g/mol. The predicted octanol–water partition coefficient (Wildman–Crippen LogP) is 4.82. The molecule has 4 amide bonds. The summed E-state index contributed by atoms with van der Waals surface area (Å²) in [5.41, 5.74) is -1.31. The van der Waals surface area contributed by atoms with Crippen molar-refractivity contribution in [1.82, 2.24) is 15.7 Å².